The third-order valence-corrected chi connectivity index (χ3v) is 7.01. The predicted molar refractivity (Wildman–Crippen MR) is 108 cm³/mol. The van der Waals surface area contributed by atoms with Crippen molar-refractivity contribution in [1.82, 2.24) is 19.8 Å². The molecule has 1 aliphatic heterocycles. The number of piperidine rings is 1. The van der Waals surface area contributed by atoms with Crippen molar-refractivity contribution in [2.24, 2.45) is 0 Å². The molecule has 0 aliphatic carbocycles. The van der Waals surface area contributed by atoms with Crippen LogP contribution in [0.2, 0.25) is 0 Å². The molecule has 1 aliphatic rings. The summed E-state index contributed by atoms with van der Waals surface area (Å²) in [6.07, 6.45) is 2.79. The number of carbonyl (C=O) groups is 1. The lowest BCUT2D eigenvalue weighted by Gasteiger charge is -2.32. The molecule has 158 valence electrons. The number of carbonyl (C=O) groups excluding carboxylic acids is 1. The lowest BCUT2D eigenvalue weighted by atomic mass is 9.97. The van der Waals surface area contributed by atoms with E-state index in [2.05, 4.69) is 15.5 Å². The van der Waals surface area contributed by atoms with Gasteiger partial charge in [0.15, 0.2) is 5.82 Å². The molecule has 0 saturated carbocycles. The van der Waals surface area contributed by atoms with Gasteiger partial charge in [-0.3, -0.25) is 4.79 Å². The van der Waals surface area contributed by atoms with Crippen LogP contribution in [0.5, 0.6) is 0 Å². The summed E-state index contributed by atoms with van der Waals surface area (Å²) in [5, 5.41) is 6.59. The minimum absolute atomic E-state index is 0.00956. The highest BCUT2D eigenvalue weighted by atomic mass is 32.2. The van der Waals surface area contributed by atoms with E-state index >= 15 is 0 Å². The first-order chi connectivity index (χ1) is 13.6. The van der Waals surface area contributed by atoms with Crippen LogP contribution in [-0.2, 0) is 22.0 Å². The van der Waals surface area contributed by atoms with Gasteiger partial charge >= 0.3 is 0 Å². The third-order valence-electron chi connectivity index (χ3n) is 4.98. The largest absolute Gasteiger partial charge is 0.345 e. The van der Waals surface area contributed by atoms with Crippen molar-refractivity contribution in [3.05, 3.63) is 41.5 Å². The van der Waals surface area contributed by atoms with Crippen LogP contribution in [0, 0.1) is 0 Å². The average molecular weight is 421 g/mol. The van der Waals surface area contributed by atoms with Crippen LogP contribution >= 0.6 is 0 Å². The lowest BCUT2D eigenvalue weighted by molar-refractivity contribution is 0.0949. The van der Waals surface area contributed by atoms with Gasteiger partial charge in [-0.05, 0) is 44.0 Å². The smallest absolute Gasteiger partial charge is 0.251 e. The zero-order valence-corrected chi connectivity index (χ0v) is 18.1. The first-order valence-corrected chi connectivity index (χ1v) is 11.3. The van der Waals surface area contributed by atoms with Crippen LogP contribution in [0.1, 0.15) is 69.0 Å². The number of rotatable bonds is 5. The maximum Gasteiger partial charge on any atom is 0.251 e. The van der Waals surface area contributed by atoms with Crippen LogP contribution in [0.4, 0.5) is 0 Å². The van der Waals surface area contributed by atoms with Crippen LogP contribution in [-0.4, -0.2) is 41.4 Å². The van der Waals surface area contributed by atoms with Crippen molar-refractivity contribution < 1.29 is 17.7 Å². The molecule has 0 bridgehead atoms. The number of nitrogens with one attached hydrogen (secondary N) is 1. The number of hydrogen-bond donors (Lipinski definition) is 1. The van der Waals surface area contributed by atoms with Crippen molar-refractivity contribution in [2.45, 2.75) is 69.9 Å². The van der Waals surface area contributed by atoms with E-state index < -0.39 is 10.0 Å². The molecule has 9 heteroatoms. The minimum atomic E-state index is -3.55. The van der Waals surface area contributed by atoms with E-state index in [0.29, 0.717) is 23.8 Å². The molecule has 1 aromatic heterocycles. The molecule has 1 atom stereocenters. The molecule has 8 nitrogen and oxygen atoms in total. The second kappa shape index (κ2) is 8.23. The van der Waals surface area contributed by atoms with Gasteiger partial charge in [0, 0.05) is 23.6 Å². The number of benzene rings is 1. The van der Waals surface area contributed by atoms with Gasteiger partial charge in [-0.1, -0.05) is 32.3 Å². The standard InChI is InChI=1S/C20H28N4O4S/c1-14-7-5-6-12-24(14)29(26,27)16-10-8-15(9-11-16)18(25)21-13-17-22-19(28-23-17)20(2,3)4/h8-11,14H,5-7,12-13H2,1-4H3,(H,21,25). The maximum absolute atomic E-state index is 12.9. The van der Waals surface area contributed by atoms with E-state index in [0.717, 1.165) is 19.3 Å². The van der Waals surface area contributed by atoms with Crippen LogP contribution in [0.3, 0.4) is 0 Å². The number of hydrogen-bond acceptors (Lipinski definition) is 6. The molecule has 2 aromatic rings. The molecule has 1 saturated heterocycles. The van der Waals surface area contributed by atoms with Crippen molar-refractivity contribution in [3.8, 4) is 0 Å². The third kappa shape index (κ3) is 4.84. The molecule has 1 fully saturated rings. The molecule has 0 spiro atoms. The zero-order chi connectivity index (χ0) is 21.2. The van der Waals surface area contributed by atoms with Crippen molar-refractivity contribution >= 4 is 15.9 Å². The van der Waals surface area contributed by atoms with Gasteiger partial charge in [-0.2, -0.15) is 9.29 Å². The van der Waals surface area contributed by atoms with Gasteiger partial charge in [-0.25, -0.2) is 8.42 Å². The topological polar surface area (TPSA) is 105 Å². The number of nitrogens with zero attached hydrogens (tertiary/aromatic N) is 3. The summed E-state index contributed by atoms with van der Waals surface area (Å²) in [6, 6.07) is 6.00. The van der Waals surface area contributed by atoms with Crippen molar-refractivity contribution in [3.63, 3.8) is 0 Å². The Labute approximate surface area is 171 Å². The number of amides is 1. The minimum Gasteiger partial charge on any atom is -0.345 e. The van der Waals surface area contributed by atoms with E-state index in [1.807, 2.05) is 27.7 Å². The molecule has 1 aromatic carbocycles. The molecule has 29 heavy (non-hydrogen) atoms. The quantitative estimate of drug-likeness (QED) is 0.797. The summed E-state index contributed by atoms with van der Waals surface area (Å²) >= 11 is 0. The first kappa shape index (κ1) is 21.4. The Morgan fingerprint density at radius 1 is 1.24 bits per heavy atom. The van der Waals surface area contributed by atoms with Crippen LogP contribution in [0.25, 0.3) is 0 Å². The van der Waals surface area contributed by atoms with Gasteiger partial charge < -0.3 is 9.84 Å². The summed E-state index contributed by atoms with van der Waals surface area (Å²) in [7, 11) is -3.55. The number of aromatic nitrogens is 2. The van der Waals surface area contributed by atoms with Gasteiger partial charge in [0.2, 0.25) is 15.9 Å². The molecule has 0 radical (unpaired) electrons. The summed E-state index contributed by atoms with van der Waals surface area (Å²) in [4.78, 5) is 16.9. The molecular formula is C20H28N4O4S. The van der Waals surface area contributed by atoms with E-state index in [1.165, 1.54) is 24.3 Å². The Hall–Kier alpha value is -2.26. The van der Waals surface area contributed by atoms with Crippen LogP contribution < -0.4 is 5.32 Å². The summed E-state index contributed by atoms with van der Waals surface area (Å²) in [5.41, 5.74) is 0.109. The SMILES string of the molecule is CC1CCCCN1S(=O)(=O)c1ccc(C(=O)NCc2noc(C(C)(C)C)n2)cc1. The number of sulfonamides is 1. The Balaban J connectivity index is 1.65. The zero-order valence-electron chi connectivity index (χ0n) is 17.3. The van der Waals surface area contributed by atoms with Crippen LogP contribution in [0.15, 0.2) is 33.7 Å². The normalized spacial score (nSPS) is 18.6. The molecule has 1 amide bonds. The highest BCUT2D eigenvalue weighted by Gasteiger charge is 2.31. The van der Waals surface area contributed by atoms with E-state index in [9.17, 15) is 13.2 Å². The second-order valence-corrected chi connectivity index (χ2v) is 10.3. The highest BCUT2D eigenvalue weighted by Crippen LogP contribution is 2.25. The van der Waals surface area contributed by atoms with Crippen molar-refractivity contribution in [1.29, 1.82) is 0 Å². The first-order valence-electron chi connectivity index (χ1n) is 9.82. The fourth-order valence-electron chi connectivity index (χ4n) is 3.23. The maximum atomic E-state index is 12.9. The van der Waals surface area contributed by atoms with E-state index in [-0.39, 0.29) is 28.8 Å². The summed E-state index contributed by atoms with van der Waals surface area (Å²) in [6.45, 7) is 8.48. The van der Waals surface area contributed by atoms with Gasteiger partial charge in [0.05, 0.1) is 11.4 Å². The fourth-order valence-corrected chi connectivity index (χ4v) is 4.93. The van der Waals surface area contributed by atoms with Crippen molar-refractivity contribution in [2.75, 3.05) is 6.54 Å². The molecular weight excluding hydrogens is 392 g/mol. The Morgan fingerprint density at radius 3 is 2.52 bits per heavy atom. The monoisotopic (exact) mass is 420 g/mol. The van der Waals surface area contributed by atoms with Gasteiger partial charge in [0.25, 0.3) is 5.91 Å². The Bertz CT molecular complexity index is 961. The second-order valence-electron chi connectivity index (χ2n) is 8.43. The average Bonchev–Trinajstić information content (AvgIpc) is 3.16. The van der Waals surface area contributed by atoms with Gasteiger partial charge in [0.1, 0.15) is 0 Å². The molecule has 1 unspecified atom stereocenters. The van der Waals surface area contributed by atoms with Gasteiger partial charge in [-0.15, -0.1) is 0 Å². The molecule has 3 rings (SSSR count). The Morgan fingerprint density at radius 2 is 1.93 bits per heavy atom. The summed E-state index contributed by atoms with van der Waals surface area (Å²) in [5.74, 6) is 0.562. The Kier molecular flexibility index (Phi) is 6.09. The predicted octanol–water partition coefficient (Wildman–Crippen LogP) is 2.86. The molecule has 2 heterocycles. The highest BCUT2D eigenvalue weighted by molar-refractivity contribution is 7.89. The summed E-state index contributed by atoms with van der Waals surface area (Å²) < 4.78 is 32.5. The fraction of sp³-hybridized carbons (Fsp3) is 0.550. The van der Waals surface area contributed by atoms with E-state index in [4.69, 9.17) is 4.52 Å². The van der Waals surface area contributed by atoms with E-state index in [1.54, 1.807) is 4.31 Å². The lowest BCUT2D eigenvalue weighted by Crippen LogP contribution is -2.41. The molecule has 1 N–H and O–H groups in total.